The molecule has 1 aliphatic heterocycles. The minimum atomic E-state index is -0.219. The van der Waals surface area contributed by atoms with Crippen molar-refractivity contribution in [3.05, 3.63) is 0 Å². The van der Waals surface area contributed by atoms with Crippen molar-refractivity contribution in [1.82, 2.24) is 4.90 Å². The van der Waals surface area contributed by atoms with Gasteiger partial charge in [-0.1, -0.05) is 0 Å². The molecule has 0 aromatic carbocycles. The first-order chi connectivity index (χ1) is 7.09. The van der Waals surface area contributed by atoms with Crippen molar-refractivity contribution in [1.29, 1.82) is 0 Å². The van der Waals surface area contributed by atoms with Crippen LogP contribution in [0.1, 0.15) is 26.7 Å². The molecule has 0 radical (unpaired) electrons. The molecular weight excluding hydrogens is 192 g/mol. The van der Waals surface area contributed by atoms with Crippen LogP contribution in [0.2, 0.25) is 0 Å². The summed E-state index contributed by atoms with van der Waals surface area (Å²) in [5.41, 5.74) is 5.16. The van der Waals surface area contributed by atoms with Gasteiger partial charge < -0.3 is 15.4 Å². The van der Waals surface area contributed by atoms with Gasteiger partial charge in [0.2, 0.25) is 5.91 Å². The number of nitrogens with zero attached hydrogens (tertiary/aromatic N) is 1. The molecule has 88 valence electrons. The lowest BCUT2D eigenvalue weighted by Crippen LogP contribution is -2.37. The second kappa shape index (κ2) is 6.08. The average Bonchev–Trinajstić information content (AvgIpc) is 2.63. The zero-order chi connectivity index (χ0) is 11.3. The molecule has 15 heavy (non-hydrogen) atoms. The fraction of sp³-hybridized carbons (Fsp3) is 0.909. The molecule has 0 bridgehead atoms. The van der Waals surface area contributed by atoms with Crippen molar-refractivity contribution in [2.45, 2.75) is 32.7 Å². The number of hydrogen-bond acceptors (Lipinski definition) is 3. The van der Waals surface area contributed by atoms with Crippen LogP contribution in [0.4, 0.5) is 0 Å². The van der Waals surface area contributed by atoms with Gasteiger partial charge in [-0.15, -0.1) is 0 Å². The highest BCUT2D eigenvalue weighted by atomic mass is 16.5. The second-order valence-electron chi connectivity index (χ2n) is 4.53. The smallest absolute Gasteiger partial charge is 0.218 e. The van der Waals surface area contributed by atoms with Gasteiger partial charge in [-0.2, -0.15) is 0 Å². The van der Waals surface area contributed by atoms with Gasteiger partial charge in [-0.25, -0.2) is 0 Å². The summed E-state index contributed by atoms with van der Waals surface area (Å²) in [5.74, 6) is 0.406. The third kappa shape index (κ3) is 4.62. The summed E-state index contributed by atoms with van der Waals surface area (Å²) in [4.78, 5) is 13.0. The van der Waals surface area contributed by atoms with Gasteiger partial charge in [-0.05, 0) is 26.2 Å². The van der Waals surface area contributed by atoms with Crippen molar-refractivity contribution in [2.24, 2.45) is 11.7 Å². The molecule has 0 aliphatic carbocycles. The summed E-state index contributed by atoms with van der Waals surface area (Å²) in [5, 5.41) is 0. The van der Waals surface area contributed by atoms with Crippen LogP contribution in [0.5, 0.6) is 0 Å². The Labute approximate surface area is 91.8 Å². The number of nitrogens with two attached hydrogens (primary N) is 1. The molecule has 0 aromatic heterocycles. The molecular formula is C11H22N2O2. The average molecular weight is 214 g/mol. The minimum Gasteiger partial charge on any atom is -0.381 e. The van der Waals surface area contributed by atoms with E-state index in [9.17, 15) is 4.79 Å². The van der Waals surface area contributed by atoms with Gasteiger partial charge in [-0.3, -0.25) is 4.79 Å². The number of rotatable bonds is 6. The van der Waals surface area contributed by atoms with E-state index in [0.29, 0.717) is 18.4 Å². The lowest BCUT2D eigenvalue weighted by atomic mass is 10.1. The largest absolute Gasteiger partial charge is 0.381 e. The highest BCUT2D eigenvalue weighted by Crippen LogP contribution is 2.15. The van der Waals surface area contributed by atoms with Gasteiger partial charge in [0.15, 0.2) is 0 Å². The number of ether oxygens (including phenoxy) is 1. The molecule has 1 atom stereocenters. The van der Waals surface area contributed by atoms with E-state index in [0.717, 1.165) is 32.7 Å². The maximum absolute atomic E-state index is 10.7. The molecule has 1 saturated heterocycles. The van der Waals surface area contributed by atoms with Gasteiger partial charge in [0.1, 0.15) is 0 Å². The SMILES string of the molecule is CC(C)N(CCC(N)=O)C[C@@H]1CCOC1. The van der Waals surface area contributed by atoms with Crippen molar-refractivity contribution >= 4 is 5.91 Å². The normalized spacial score (nSPS) is 21.5. The van der Waals surface area contributed by atoms with E-state index in [1.165, 1.54) is 0 Å². The lowest BCUT2D eigenvalue weighted by Gasteiger charge is -2.28. The number of amides is 1. The summed E-state index contributed by atoms with van der Waals surface area (Å²) >= 11 is 0. The molecule has 1 aliphatic rings. The van der Waals surface area contributed by atoms with E-state index in [-0.39, 0.29) is 5.91 Å². The zero-order valence-corrected chi connectivity index (χ0v) is 9.74. The standard InChI is InChI=1S/C11H22N2O2/c1-9(2)13(5-3-11(12)14)7-10-4-6-15-8-10/h9-10H,3-8H2,1-2H3,(H2,12,14)/t10-/m0/s1. The monoisotopic (exact) mass is 214 g/mol. The number of primary amides is 1. The van der Waals surface area contributed by atoms with Crippen LogP contribution in [0.25, 0.3) is 0 Å². The summed E-state index contributed by atoms with van der Waals surface area (Å²) in [6.07, 6.45) is 1.59. The fourth-order valence-corrected chi connectivity index (χ4v) is 1.87. The van der Waals surface area contributed by atoms with Gasteiger partial charge >= 0.3 is 0 Å². The summed E-state index contributed by atoms with van der Waals surface area (Å²) in [6.45, 7) is 7.83. The number of hydrogen-bond donors (Lipinski definition) is 1. The van der Waals surface area contributed by atoms with Gasteiger partial charge in [0, 0.05) is 32.2 Å². The van der Waals surface area contributed by atoms with E-state index in [4.69, 9.17) is 10.5 Å². The molecule has 1 fully saturated rings. The summed E-state index contributed by atoms with van der Waals surface area (Å²) in [7, 11) is 0. The van der Waals surface area contributed by atoms with Crippen LogP contribution < -0.4 is 5.73 Å². The quantitative estimate of drug-likeness (QED) is 0.704. The first kappa shape index (κ1) is 12.5. The van der Waals surface area contributed by atoms with Crippen LogP contribution in [0.15, 0.2) is 0 Å². The molecule has 4 heteroatoms. The molecule has 2 N–H and O–H groups in total. The molecule has 1 heterocycles. The molecule has 0 unspecified atom stereocenters. The molecule has 0 spiro atoms. The van der Waals surface area contributed by atoms with Crippen molar-refractivity contribution in [3.8, 4) is 0 Å². The maximum Gasteiger partial charge on any atom is 0.218 e. The Morgan fingerprint density at radius 3 is 2.80 bits per heavy atom. The Balaban J connectivity index is 2.32. The fourth-order valence-electron chi connectivity index (χ4n) is 1.87. The zero-order valence-electron chi connectivity index (χ0n) is 9.74. The van der Waals surface area contributed by atoms with Crippen LogP contribution in [-0.4, -0.2) is 43.2 Å². The topological polar surface area (TPSA) is 55.6 Å². The molecule has 0 saturated carbocycles. The first-order valence-electron chi connectivity index (χ1n) is 5.69. The van der Waals surface area contributed by atoms with E-state index >= 15 is 0 Å². The highest BCUT2D eigenvalue weighted by molar-refractivity contribution is 5.73. The molecule has 1 amide bonds. The third-order valence-corrected chi connectivity index (χ3v) is 2.89. The maximum atomic E-state index is 10.7. The van der Waals surface area contributed by atoms with E-state index in [2.05, 4.69) is 18.7 Å². The number of carbonyl (C=O) groups is 1. The Morgan fingerprint density at radius 1 is 1.60 bits per heavy atom. The summed E-state index contributed by atoms with van der Waals surface area (Å²) in [6, 6.07) is 0.463. The Bertz CT molecular complexity index is 201. The van der Waals surface area contributed by atoms with Crippen molar-refractivity contribution in [2.75, 3.05) is 26.3 Å². The molecule has 4 nitrogen and oxygen atoms in total. The van der Waals surface area contributed by atoms with E-state index < -0.39 is 0 Å². The van der Waals surface area contributed by atoms with Crippen LogP contribution >= 0.6 is 0 Å². The van der Waals surface area contributed by atoms with E-state index in [1.807, 2.05) is 0 Å². The van der Waals surface area contributed by atoms with Crippen molar-refractivity contribution < 1.29 is 9.53 Å². The number of carbonyl (C=O) groups excluding carboxylic acids is 1. The summed E-state index contributed by atoms with van der Waals surface area (Å²) < 4.78 is 5.35. The Morgan fingerprint density at radius 2 is 2.33 bits per heavy atom. The molecule has 1 rings (SSSR count). The second-order valence-corrected chi connectivity index (χ2v) is 4.53. The first-order valence-corrected chi connectivity index (χ1v) is 5.69. The van der Waals surface area contributed by atoms with Gasteiger partial charge in [0.05, 0.1) is 6.61 Å². The van der Waals surface area contributed by atoms with Crippen LogP contribution in [-0.2, 0) is 9.53 Å². The Kier molecular flexibility index (Phi) is 5.05. The predicted molar refractivity (Wildman–Crippen MR) is 59.4 cm³/mol. The third-order valence-electron chi connectivity index (χ3n) is 2.89. The van der Waals surface area contributed by atoms with E-state index in [1.54, 1.807) is 0 Å². The van der Waals surface area contributed by atoms with Crippen molar-refractivity contribution in [3.63, 3.8) is 0 Å². The lowest BCUT2D eigenvalue weighted by molar-refractivity contribution is -0.118. The van der Waals surface area contributed by atoms with Crippen LogP contribution in [0, 0.1) is 5.92 Å². The predicted octanol–water partition coefficient (Wildman–Crippen LogP) is 0.609. The Hall–Kier alpha value is -0.610. The van der Waals surface area contributed by atoms with Gasteiger partial charge in [0.25, 0.3) is 0 Å². The minimum absolute atomic E-state index is 0.219. The van der Waals surface area contributed by atoms with Crippen LogP contribution in [0.3, 0.4) is 0 Å². The molecule has 0 aromatic rings. The highest BCUT2D eigenvalue weighted by Gasteiger charge is 2.20.